The van der Waals surface area contributed by atoms with Gasteiger partial charge in [0.25, 0.3) is 0 Å². The largest absolute Gasteiger partial charge is 0.481 e. The van der Waals surface area contributed by atoms with Crippen LogP contribution in [0, 0.1) is 0 Å². The number of rotatable bonds is 7. The normalized spacial score (nSPS) is 11.7. The van der Waals surface area contributed by atoms with Gasteiger partial charge in [-0.3, -0.25) is 0 Å². The Morgan fingerprint density at radius 2 is 1.71 bits per heavy atom. The van der Waals surface area contributed by atoms with Gasteiger partial charge in [0.05, 0.1) is 38.8 Å². The molecular formula is C19H20N4O4S. The predicted molar refractivity (Wildman–Crippen MR) is 104 cm³/mol. The Hall–Kier alpha value is -3.07. The lowest BCUT2D eigenvalue weighted by molar-refractivity contribution is 0.0589. The molecule has 0 aliphatic rings. The van der Waals surface area contributed by atoms with Gasteiger partial charge in [0.1, 0.15) is 5.69 Å². The lowest BCUT2D eigenvalue weighted by Crippen LogP contribution is -2.09. The predicted octanol–water partition coefficient (Wildman–Crippen LogP) is 2.90. The fraction of sp³-hybridized carbons (Fsp3) is 0.263. The quantitative estimate of drug-likeness (QED) is 0.442. The highest BCUT2D eigenvalue weighted by Gasteiger charge is 2.24. The van der Waals surface area contributed by atoms with Gasteiger partial charge in [-0.1, -0.05) is 42.1 Å². The first-order chi connectivity index (χ1) is 13.6. The van der Waals surface area contributed by atoms with Crippen LogP contribution in [0.3, 0.4) is 0 Å². The molecule has 0 aliphatic carbocycles. The average Bonchev–Trinajstić information content (AvgIpc) is 3.11. The maximum Gasteiger partial charge on any atom is 0.356 e. The molecule has 1 aromatic carbocycles. The fourth-order valence-electron chi connectivity index (χ4n) is 2.55. The first-order valence-corrected chi connectivity index (χ1v) is 9.24. The van der Waals surface area contributed by atoms with Crippen molar-refractivity contribution in [1.29, 1.82) is 0 Å². The molecule has 2 aromatic heterocycles. The van der Waals surface area contributed by atoms with Gasteiger partial charge in [0, 0.05) is 7.05 Å². The Bertz CT molecular complexity index is 940. The van der Waals surface area contributed by atoms with E-state index in [0.29, 0.717) is 28.4 Å². The van der Waals surface area contributed by atoms with Gasteiger partial charge in [-0.25, -0.2) is 9.78 Å². The molecule has 1 unspecified atom stereocenters. The van der Waals surface area contributed by atoms with E-state index in [4.69, 9.17) is 14.2 Å². The summed E-state index contributed by atoms with van der Waals surface area (Å²) >= 11 is 1.42. The van der Waals surface area contributed by atoms with Gasteiger partial charge in [0.15, 0.2) is 11.0 Å². The summed E-state index contributed by atoms with van der Waals surface area (Å²) in [6.07, 6.45) is 1.49. The van der Waals surface area contributed by atoms with Crippen molar-refractivity contribution < 1.29 is 19.0 Å². The number of aromatic nitrogens is 4. The number of thioether (sulfide) groups is 1. The zero-order valence-electron chi connectivity index (χ0n) is 15.9. The van der Waals surface area contributed by atoms with Gasteiger partial charge in [-0.05, 0) is 5.56 Å². The number of methoxy groups -OCH3 is 3. The molecule has 146 valence electrons. The third kappa shape index (κ3) is 4.09. The van der Waals surface area contributed by atoms with Crippen LogP contribution in [0.15, 0.2) is 47.8 Å². The van der Waals surface area contributed by atoms with E-state index >= 15 is 0 Å². The van der Waals surface area contributed by atoms with Crippen molar-refractivity contribution in [3.05, 3.63) is 59.7 Å². The smallest absolute Gasteiger partial charge is 0.356 e. The zero-order valence-corrected chi connectivity index (χ0v) is 16.8. The number of carbonyl (C=O) groups excluding carboxylic acids is 1. The van der Waals surface area contributed by atoms with Crippen LogP contribution in [0.4, 0.5) is 0 Å². The molecule has 0 radical (unpaired) electrons. The number of benzene rings is 1. The van der Waals surface area contributed by atoms with Crippen LogP contribution < -0.4 is 9.47 Å². The number of nitrogens with zero attached hydrogens (tertiary/aromatic N) is 4. The fourth-order valence-corrected chi connectivity index (χ4v) is 3.63. The third-order valence-corrected chi connectivity index (χ3v) is 5.32. The van der Waals surface area contributed by atoms with E-state index in [9.17, 15) is 4.79 Å². The Balaban J connectivity index is 2.05. The van der Waals surface area contributed by atoms with Crippen LogP contribution in [0.5, 0.6) is 11.8 Å². The topological polar surface area (TPSA) is 88.4 Å². The van der Waals surface area contributed by atoms with E-state index in [1.165, 1.54) is 39.3 Å². The minimum absolute atomic E-state index is 0.295. The number of carbonyl (C=O) groups is 1. The van der Waals surface area contributed by atoms with E-state index < -0.39 is 5.97 Å². The maximum absolute atomic E-state index is 11.9. The Morgan fingerprint density at radius 3 is 2.29 bits per heavy atom. The molecule has 0 aliphatic heterocycles. The number of hydrogen-bond donors (Lipinski definition) is 0. The SMILES string of the molecule is COC(=O)c1cnc(SC(c2ccccc2)c2nc(OC)cc(OC)n2)n1C. The Kier molecular flexibility index (Phi) is 6.15. The molecule has 0 saturated carbocycles. The Morgan fingerprint density at radius 1 is 1.07 bits per heavy atom. The molecule has 3 aromatic rings. The first kappa shape index (κ1) is 19.7. The molecule has 0 spiro atoms. The van der Waals surface area contributed by atoms with Gasteiger partial charge in [-0.2, -0.15) is 9.97 Å². The molecular weight excluding hydrogens is 380 g/mol. The summed E-state index contributed by atoms with van der Waals surface area (Å²) in [5.41, 5.74) is 1.34. The van der Waals surface area contributed by atoms with E-state index in [1.54, 1.807) is 17.7 Å². The summed E-state index contributed by atoms with van der Waals surface area (Å²) in [6.45, 7) is 0. The zero-order chi connectivity index (χ0) is 20.1. The lowest BCUT2D eigenvalue weighted by atomic mass is 10.1. The van der Waals surface area contributed by atoms with Crippen molar-refractivity contribution in [3.8, 4) is 11.8 Å². The third-order valence-electron chi connectivity index (χ3n) is 4.01. The standard InChI is InChI=1S/C19H20N4O4S/c1-23-13(18(24)27-4)11-20-19(23)28-16(12-8-6-5-7-9-12)17-21-14(25-2)10-15(22-17)26-3/h5-11,16H,1-4H3. The molecule has 0 fully saturated rings. The van der Waals surface area contributed by atoms with E-state index in [1.807, 2.05) is 30.3 Å². The summed E-state index contributed by atoms with van der Waals surface area (Å²) in [5, 5.41) is 0.330. The van der Waals surface area contributed by atoms with Crippen LogP contribution >= 0.6 is 11.8 Å². The molecule has 9 heteroatoms. The van der Waals surface area contributed by atoms with Crippen molar-refractivity contribution in [2.75, 3.05) is 21.3 Å². The highest BCUT2D eigenvalue weighted by molar-refractivity contribution is 7.99. The van der Waals surface area contributed by atoms with E-state index in [0.717, 1.165) is 5.56 Å². The minimum Gasteiger partial charge on any atom is -0.481 e. The summed E-state index contributed by atoms with van der Waals surface area (Å²) in [4.78, 5) is 25.3. The van der Waals surface area contributed by atoms with Gasteiger partial charge >= 0.3 is 5.97 Å². The van der Waals surface area contributed by atoms with Crippen molar-refractivity contribution in [2.24, 2.45) is 7.05 Å². The molecule has 0 amide bonds. The molecule has 28 heavy (non-hydrogen) atoms. The molecule has 3 rings (SSSR count). The molecule has 2 heterocycles. The minimum atomic E-state index is -0.447. The molecule has 8 nitrogen and oxygen atoms in total. The monoisotopic (exact) mass is 400 g/mol. The first-order valence-electron chi connectivity index (χ1n) is 8.36. The van der Waals surface area contributed by atoms with Crippen LogP contribution in [0.1, 0.15) is 27.1 Å². The maximum atomic E-state index is 11.9. The van der Waals surface area contributed by atoms with Gasteiger partial charge in [0.2, 0.25) is 11.8 Å². The second-order valence-electron chi connectivity index (χ2n) is 5.70. The van der Waals surface area contributed by atoms with Crippen LogP contribution in [0.25, 0.3) is 0 Å². The molecule has 1 atom stereocenters. The molecule has 0 bridgehead atoms. The molecule has 0 N–H and O–H groups in total. The number of esters is 1. The van der Waals surface area contributed by atoms with Crippen molar-refractivity contribution in [3.63, 3.8) is 0 Å². The van der Waals surface area contributed by atoms with Gasteiger partial charge < -0.3 is 18.8 Å². The van der Waals surface area contributed by atoms with E-state index in [2.05, 4.69) is 15.0 Å². The second kappa shape index (κ2) is 8.75. The number of hydrogen-bond acceptors (Lipinski definition) is 8. The Labute approximate surface area is 166 Å². The summed E-state index contributed by atoms with van der Waals surface area (Å²) in [6, 6.07) is 11.4. The average molecular weight is 400 g/mol. The van der Waals surface area contributed by atoms with Crippen LogP contribution in [0.2, 0.25) is 0 Å². The highest BCUT2D eigenvalue weighted by atomic mass is 32.2. The van der Waals surface area contributed by atoms with Crippen molar-refractivity contribution in [1.82, 2.24) is 19.5 Å². The van der Waals surface area contributed by atoms with E-state index in [-0.39, 0.29) is 5.25 Å². The van der Waals surface area contributed by atoms with Gasteiger partial charge in [-0.15, -0.1) is 0 Å². The number of ether oxygens (including phenoxy) is 3. The second-order valence-corrected chi connectivity index (χ2v) is 6.77. The molecule has 0 saturated heterocycles. The lowest BCUT2D eigenvalue weighted by Gasteiger charge is -2.17. The number of imidazole rings is 1. The van der Waals surface area contributed by atoms with Crippen molar-refractivity contribution in [2.45, 2.75) is 10.4 Å². The van der Waals surface area contributed by atoms with Crippen LogP contribution in [-0.4, -0.2) is 46.8 Å². The summed E-state index contributed by atoms with van der Waals surface area (Å²) in [5.74, 6) is 0.865. The van der Waals surface area contributed by atoms with Crippen molar-refractivity contribution >= 4 is 17.7 Å². The summed E-state index contributed by atoms with van der Waals surface area (Å²) < 4.78 is 17.1. The highest BCUT2D eigenvalue weighted by Crippen LogP contribution is 2.39. The summed E-state index contributed by atoms with van der Waals surface area (Å²) in [7, 11) is 6.18. The van der Waals surface area contributed by atoms with Crippen LogP contribution in [-0.2, 0) is 11.8 Å².